The molecule has 0 bridgehead atoms. The van der Waals surface area contributed by atoms with Gasteiger partial charge in [-0.1, -0.05) is 18.2 Å². The molecule has 0 saturated heterocycles. The van der Waals surface area contributed by atoms with Gasteiger partial charge in [0.1, 0.15) is 5.75 Å². The molecule has 0 radical (unpaired) electrons. The van der Waals surface area contributed by atoms with Crippen LogP contribution in [-0.4, -0.2) is 18.3 Å². The topological polar surface area (TPSA) is 38.3 Å². The summed E-state index contributed by atoms with van der Waals surface area (Å²) in [6.45, 7) is 1.73. The fourth-order valence-electron chi connectivity index (χ4n) is 1.67. The van der Waals surface area contributed by atoms with Gasteiger partial charge in [0.15, 0.2) is 6.10 Å². The van der Waals surface area contributed by atoms with Crippen LogP contribution in [0.4, 0.5) is 5.69 Å². The van der Waals surface area contributed by atoms with Crippen LogP contribution in [0, 0.1) is 0 Å². The first-order valence-corrected chi connectivity index (χ1v) is 7.58. The standard InChI is InChI=1S/C16H17NO2S/c1-12(19-14-6-4-3-5-7-14)16(18)17-13-8-10-15(20-2)11-9-13/h3-12H,1-2H3,(H,17,18)/t12-/m0/s1. The van der Waals surface area contributed by atoms with Crippen LogP contribution in [0.2, 0.25) is 0 Å². The van der Waals surface area contributed by atoms with E-state index in [1.54, 1.807) is 18.7 Å². The van der Waals surface area contributed by atoms with Crippen molar-refractivity contribution in [3.05, 3.63) is 54.6 Å². The third kappa shape index (κ3) is 4.03. The van der Waals surface area contributed by atoms with Gasteiger partial charge >= 0.3 is 0 Å². The van der Waals surface area contributed by atoms with E-state index in [4.69, 9.17) is 4.74 Å². The predicted molar refractivity (Wildman–Crippen MR) is 83.4 cm³/mol. The molecule has 0 aromatic heterocycles. The van der Waals surface area contributed by atoms with E-state index in [0.717, 1.165) is 10.6 Å². The van der Waals surface area contributed by atoms with E-state index in [9.17, 15) is 4.79 Å². The zero-order valence-corrected chi connectivity index (χ0v) is 12.3. The molecule has 2 rings (SSSR count). The predicted octanol–water partition coefficient (Wildman–Crippen LogP) is 3.81. The molecule has 2 aromatic rings. The minimum atomic E-state index is -0.544. The fraction of sp³-hybridized carbons (Fsp3) is 0.188. The zero-order chi connectivity index (χ0) is 14.4. The summed E-state index contributed by atoms with van der Waals surface area (Å²) in [7, 11) is 0. The average Bonchev–Trinajstić information content (AvgIpc) is 2.49. The smallest absolute Gasteiger partial charge is 0.265 e. The lowest BCUT2D eigenvalue weighted by molar-refractivity contribution is -0.122. The third-order valence-electron chi connectivity index (χ3n) is 2.78. The number of carbonyl (C=O) groups is 1. The van der Waals surface area contributed by atoms with E-state index in [0.29, 0.717) is 5.75 Å². The minimum Gasteiger partial charge on any atom is -0.481 e. The number of benzene rings is 2. The Hall–Kier alpha value is -1.94. The molecule has 0 unspecified atom stereocenters. The Kier molecular flexibility index (Phi) is 5.07. The highest BCUT2D eigenvalue weighted by Gasteiger charge is 2.14. The van der Waals surface area contributed by atoms with Crippen molar-refractivity contribution in [1.29, 1.82) is 0 Å². The van der Waals surface area contributed by atoms with Gasteiger partial charge in [0.2, 0.25) is 0 Å². The molecule has 0 saturated carbocycles. The molecule has 0 spiro atoms. The number of carbonyl (C=O) groups excluding carboxylic acids is 1. The fourth-order valence-corrected chi connectivity index (χ4v) is 2.08. The highest BCUT2D eigenvalue weighted by molar-refractivity contribution is 7.98. The first-order chi connectivity index (χ1) is 9.69. The number of para-hydroxylation sites is 1. The maximum absolute atomic E-state index is 12.0. The highest BCUT2D eigenvalue weighted by Crippen LogP contribution is 2.18. The number of hydrogen-bond donors (Lipinski definition) is 1. The summed E-state index contributed by atoms with van der Waals surface area (Å²) >= 11 is 1.67. The SMILES string of the molecule is CSc1ccc(NC(=O)[C@H](C)Oc2ccccc2)cc1. The molecule has 0 fully saturated rings. The van der Waals surface area contributed by atoms with Crippen molar-refractivity contribution >= 4 is 23.4 Å². The van der Waals surface area contributed by atoms with Crippen LogP contribution in [0.25, 0.3) is 0 Å². The van der Waals surface area contributed by atoms with Crippen LogP contribution in [0.3, 0.4) is 0 Å². The zero-order valence-electron chi connectivity index (χ0n) is 11.5. The average molecular weight is 287 g/mol. The highest BCUT2D eigenvalue weighted by atomic mass is 32.2. The first kappa shape index (κ1) is 14.5. The molecule has 1 N–H and O–H groups in total. The molecule has 3 nitrogen and oxygen atoms in total. The summed E-state index contributed by atoms with van der Waals surface area (Å²) < 4.78 is 5.58. The Balaban J connectivity index is 1.93. The van der Waals surface area contributed by atoms with Crippen molar-refractivity contribution in [2.75, 3.05) is 11.6 Å². The van der Waals surface area contributed by atoms with Gasteiger partial charge in [0.25, 0.3) is 5.91 Å². The van der Waals surface area contributed by atoms with E-state index < -0.39 is 6.10 Å². The number of hydrogen-bond acceptors (Lipinski definition) is 3. The van der Waals surface area contributed by atoms with Crippen LogP contribution >= 0.6 is 11.8 Å². The lowest BCUT2D eigenvalue weighted by Crippen LogP contribution is -2.30. The van der Waals surface area contributed by atoms with Gasteiger partial charge < -0.3 is 10.1 Å². The Labute approximate surface area is 123 Å². The summed E-state index contributed by atoms with van der Waals surface area (Å²) in [6, 6.07) is 17.0. The Morgan fingerprint density at radius 2 is 1.75 bits per heavy atom. The second kappa shape index (κ2) is 7.01. The number of anilines is 1. The van der Waals surface area contributed by atoms with E-state index in [-0.39, 0.29) is 5.91 Å². The minimum absolute atomic E-state index is 0.161. The quantitative estimate of drug-likeness (QED) is 0.850. The number of ether oxygens (including phenoxy) is 1. The number of rotatable bonds is 5. The third-order valence-corrected chi connectivity index (χ3v) is 3.53. The van der Waals surface area contributed by atoms with E-state index in [1.165, 1.54) is 0 Å². The van der Waals surface area contributed by atoms with Crippen molar-refractivity contribution < 1.29 is 9.53 Å². The van der Waals surface area contributed by atoms with E-state index >= 15 is 0 Å². The second-order valence-corrected chi connectivity index (χ2v) is 5.17. The van der Waals surface area contributed by atoms with Crippen LogP contribution < -0.4 is 10.1 Å². The van der Waals surface area contributed by atoms with Crippen LogP contribution in [0.1, 0.15) is 6.92 Å². The molecule has 0 aliphatic rings. The van der Waals surface area contributed by atoms with Crippen LogP contribution in [0.15, 0.2) is 59.5 Å². The number of amides is 1. The summed E-state index contributed by atoms with van der Waals surface area (Å²) in [6.07, 6.45) is 1.47. The van der Waals surface area contributed by atoms with Crippen molar-refractivity contribution in [3.8, 4) is 5.75 Å². The second-order valence-electron chi connectivity index (χ2n) is 4.29. The van der Waals surface area contributed by atoms with Crippen molar-refractivity contribution in [3.63, 3.8) is 0 Å². The van der Waals surface area contributed by atoms with Gasteiger partial charge in [0.05, 0.1) is 0 Å². The Morgan fingerprint density at radius 1 is 1.10 bits per heavy atom. The van der Waals surface area contributed by atoms with Crippen LogP contribution in [-0.2, 0) is 4.79 Å². The summed E-state index contributed by atoms with van der Waals surface area (Å²) in [5, 5.41) is 2.84. The van der Waals surface area contributed by atoms with Crippen molar-refractivity contribution in [2.24, 2.45) is 0 Å². The van der Waals surface area contributed by atoms with Gasteiger partial charge in [-0.2, -0.15) is 0 Å². The molecule has 2 aromatic carbocycles. The molecule has 0 aliphatic heterocycles. The molecule has 0 heterocycles. The monoisotopic (exact) mass is 287 g/mol. The molecule has 104 valence electrons. The lowest BCUT2D eigenvalue weighted by Gasteiger charge is -2.14. The molecule has 20 heavy (non-hydrogen) atoms. The summed E-state index contributed by atoms with van der Waals surface area (Å²) in [5.74, 6) is 0.527. The van der Waals surface area contributed by atoms with E-state index in [1.807, 2.05) is 60.9 Å². The Morgan fingerprint density at radius 3 is 2.35 bits per heavy atom. The Bertz CT molecular complexity index is 554. The summed E-state index contributed by atoms with van der Waals surface area (Å²) in [4.78, 5) is 13.2. The maximum atomic E-state index is 12.0. The molecular formula is C16H17NO2S. The van der Waals surface area contributed by atoms with Gasteiger partial charge in [0, 0.05) is 10.6 Å². The van der Waals surface area contributed by atoms with Gasteiger partial charge in [-0.3, -0.25) is 4.79 Å². The molecule has 4 heteroatoms. The van der Waals surface area contributed by atoms with Crippen LogP contribution in [0.5, 0.6) is 5.75 Å². The van der Waals surface area contributed by atoms with Crippen molar-refractivity contribution in [2.45, 2.75) is 17.9 Å². The van der Waals surface area contributed by atoms with Crippen molar-refractivity contribution in [1.82, 2.24) is 0 Å². The normalized spacial score (nSPS) is 11.7. The molecule has 0 aliphatic carbocycles. The number of thioether (sulfide) groups is 1. The number of nitrogens with one attached hydrogen (secondary N) is 1. The largest absolute Gasteiger partial charge is 0.481 e. The van der Waals surface area contributed by atoms with Gasteiger partial charge in [-0.25, -0.2) is 0 Å². The van der Waals surface area contributed by atoms with Gasteiger partial charge in [-0.15, -0.1) is 11.8 Å². The summed E-state index contributed by atoms with van der Waals surface area (Å²) in [5.41, 5.74) is 0.774. The molecular weight excluding hydrogens is 270 g/mol. The maximum Gasteiger partial charge on any atom is 0.265 e. The lowest BCUT2D eigenvalue weighted by atomic mass is 10.3. The van der Waals surface area contributed by atoms with Gasteiger partial charge in [-0.05, 0) is 49.6 Å². The molecule has 1 atom stereocenters. The molecule has 1 amide bonds. The first-order valence-electron chi connectivity index (χ1n) is 6.35. The van der Waals surface area contributed by atoms with E-state index in [2.05, 4.69) is 5.32 Å².